The van der Waals surface area contributed by atoms with E-state index in [1.165, 1.54) is 5.39 Å². The number of benzene rings is 6. The van der Waals surface area contributed by atoms with Crippen molar-refractivity contribution < 1.29 is 4.42 Å². The predicted molar refractivity (Wildman–Crippen MR) is 186 cm³/mol. The van der Waals surface area contributed by atoms with E-state index in [1.54, 1.807) is 0 Å². The zero-order chi connectivity index (χ0) is 30.6. The molecule has 0 spiro atoms. The summed E-state index contributed by atoms with van der Waals surface area (Å²) < 4.78 is 8.62. The monoisotopic (exact) mass is 590 g/mol. The highest BCUT2D eigenvalue weighted by molar-refractivity contribution is 6.17. The van der Waals surface area contributed by atoms with Crippen molar-refractivity contribution >= 4 is 55.2 Å². The highest BCUT2D eigenvalue weighted by atomic mass is 16.3. The van der Waals surface area contributed by atoms with E-state index in [2.05, 4.69) is 107 Å². The molecule has 0 radical (unpaired) electrons. The lowest BCUT2D eigenvalue weighted by molar-refractivity contribution is 0.663. The minimum Gasteiger partial charge on any atom is -0.456 e. The van der Waals surface area contributed by atoms with E-state index in [1.807, 2.05) is 54.6 Å². The molecule has 1 aliphatic rings. The number of fused-ring (bicyclic) bond motifs is 6. The Hall–Kier alpha value is -6.38. The number of nitriles is 1. The maximum absolute atomic E-state index is 9.57. The van der Waals surface area contributed by atoms with Gasteiger partial charge in [-0.2, -0.15) is 5.26 Å². The van der Waals surface area contributed by atoms with Crippen molar-refractivity contribution in [1.82, 2.24) is 9.88 Å². The van der Waals surface area contributed by atoms with Gasteiger partial charge in [0, 0.05) is 32.9 Å². The van der Waals surface area contributed by atoms with Gasteiger partial charge in [-0.1, -0.05) is 91.0 Å². The molecule has 1 aliphatic heterocycles. The summed E-state index contributed by atoms with van der Waals surface area (Å²) in [6.45, 7) is 0. The number of aromatic nitrogens is 1. The van der Waals surface area contributed by atoms with Crippen LogP contribution in [0.15, 0.2) is 155 Å². The van der Waals surface area contributed by atoms with Crippen LogP contribution in [-0.2, 0) is 0 Å². The molecule has 0 saturated carbocycles. The van der Waals surface area contributed by atoms with Crippen LogP contribution in [0.25, 0.3) is 55.1 Å². The maximum atomic E-state index is 9.57. The zero-order valence-corrected chi connectivity index (χ0v) is 24.7. The fourth-order valence-electron chi connectivity index (χ4n) is 6.68. The molecule has 0 amide bonds. The molecule has 8 aromatic rings. The van der Waals surface area contributed by atoms with Gasteiger partial charge in [0.1, 0.15) is 17.3 Å². The Kier molecular flexibility index (Phi) is 5.87. The van der Waals surface area contributed by atoms with Gasteiger partial charge < -0.3 is 14.3 Å². The zero-order valence-electron chi connectivity index (χ0n) is 24.7. The Morgan fingerprint density at radius 3 is 2.30 bits per heavy atom. The molecule has 2 aromatic heterocycles. The minimum absolute atomic E-state index is 0.335. The molecule has 5 nitrogen and oxygen atoms in total. The molecule has 0 saturated heterocycles. The first-order valence-corrected chi connectivity index (χ1v) is 15.3. The van der Waals surface area contributed by atoms with Crippen LogP contribution in [0.4, 0.5) is 0 Å². The minimum atomic E-state index is -0.335. The molecule has 5 heteroatoms. The van der Waals surface area contributed by atoms with E-state index in [9.17, 15) is 5.26 Å². The highest BCUT2D eigenvalue weighted by Crippen LogP contribution is 2.38. The molecule has 1 N–H and O–H groups in total. The second-order valence-corrected chi connectivity index (χ2v) is 11.6. The van der Waals surface area contributed by atoms with Crippen molar-refractivity contribution in [3.05, 3.63) is 168 Å². The maximum Gasteiger partial charge on any atom is 0.145 e. The van der Waals surface area contributed by atoms with Gasteiger partial charge in [0.05, 0.1) is 28.4 Å². The summed E-state index contributed by atoms with van der Waals surface area (Å²) in [5, 5.41) is 17.8. The van der Waals surface area contributed by atoms with Gasteiger partial charge in [0.2, 0.25) is 0 Å². The SMILES string of the molecule is N#Cc1cccc(C2=CC(c3ccccc3)=NC(c3cccc(-n4c5ccccc5c5cc6oc7ccccc7c6cc54)c3)N2)c1. The van der Waals surface area contributed by atoms with E-state index < -0.39 is 0 Å². The Morgan fingerprint density at radius 1 is 0.630 bits per heavy atom. The van der Waals surface area contributed by atoms with Crippen LogP contribution in [-0.4, -0.2) is 10.3 Å². The lowest BCUT2D eigenvalue weighted by Gasteiger charge is -2.25. The van der Waals surface area contributed by atoms with E-state index in [0.29, 0.717) is 5.56 Å². The van der Waals surface area contributed by atoms with Gasteiger partial charge in [-0.25, -0.2) is 0 Å². The molecular formula is C41H26N4O. The number of furan rings is 1. The average Bonchev–Trinajstić information content (AvgIpc) is 3.65. The van der Waals surface area contributed by atoms with Crippen LogP contribution < -0.4 is 5.32 Å². The second-order valence-electron chi connectivity index (χ2n) is 11.6. The largest absolute Gasteiger partial charge is 0.456 e. The molecule has 1 atom stereocenters. The average molecular weight is 591 g/mol. The van der Waals surface area contributed by atoms with Crippen molar-refractivity contribution in [1.29, 1.82) is 5.26 Å². The third kappa shape index (κ3) is 4.20. The van der Waals surface area contributed by atoms with Crippen LogP contribution in [0.3, 0.4) is 0 Å². The summed E-state index contributed by atoms with van der Waals surface area (Å²) in [5.74, 6) is 0. The summed E-state index contributed by atoms with van der Waals surface area (Å²) in [7, 11) is 0. The van der Waals surface area contributed by atoms with Crippen molar-refractivity contribution in [2.45, 2.75) is 6.17 Å². The summed E-state index contributed by atoms with van der Waals surface area (Å²) in [4.78, 5) is 5.20. The highest BCUT2D eigenvalue weighted by Gasteiger charge is 2.22. The van der Waals surface area contributed by atoms with Gasteiger partial charge in [0.25, 0.3) is 0 Å². The van der Waals surface area contributed by atoms with E-state index >= 15 is 0 Å². The predicted octanol–water partition coefficient (Wildman–Crippen LogP) is 9.69. The van der Waals surface area contributed by atoms with E-state index in [-0.39, 0.29) is 6.17 Å². The Bertz CT molecular complexity index is 2580. The van der Waals surface area contributed by atoms with Crippen molar-refractivity contribution in [2.24, 2.45) is 4.99 Å². The van der Waals surface area contributed by atoms with Gasteiger partial charge in [0.15, 0.2) is 0 Å². The van der Waals surface area contributed by atoms with Crippen LogP contribution in [0.5, 0.6) is 0 Å². The lowest BCUT2D eigenvalue weighted by atomic mass is 10.0. The molecular weight excluding hydrogens is 564 g/mol. The number of rotatable bonds is 4. The van der Waals surface area contributed by atoms with E-state index in [0.717, 1.165) is 72.1 Å². The molecule has 216 valence electrons. The van der Waals surface area contributed by atoms with Crippen molar-refractivity contribution in [3.8, 4) is 11.8 Å². The van der Waals surface area contributed by atoms with Crippen LogP contribution >= 0.6 is 0 Å². The summed E-state index contributed by atoms with van der Waals surface area (Å²) in [6, 6.07) is 50.0. The van der Waals surface area contributed by atoms with Crippen LogP contribution in [0.1, 0.15) is 28.4 Å². The fraction of sp³-hybridized carbons (Fsp3) is 0.0244. The molecule has 0 aliphatic carbocycles. The fourth-order valence-corrected chi connectivity index (χ4v) is 6.68. The molecule has 1 unspecified atom stereocenters. The summed E-state index contributed by atoms with van der Waals surface area (Å²) in [5.41, 5.74) is 10.5. The molecule has 6 aromatic carbocycles. The number of hydrogen-bond donors (Lipinski definition) is 1. The molecule has 46 heavy (non-hydrogen) atoms. The second kappa shape index (κ2) is 10.4. The van der Waals surface area contributed by atoms with Crippen LogP contribution in [0.2, 0.25) is 0 Å². The van der Waals surface area contributed by atoms with Gasteiger partial charge >= 0.3 is 0 Å². The number of allylic oxidation sites excluding steroid dienone is 1. The van der Waals surface area contributed by atoms with Gasteiger partial charge in [-0.05, 0) is 71.3 Å². The van der Waals surface area contributed by atoms with Crippen molar-refractivity contribution in [3.63, 3.8) is 0 Å². The molecule has 9 rings (SSSR count). The molecule has 3 heterocycles. The lowest BCUT2D eigenvalue weighted by Crippen LogP contribution is -2.25. The smallest absolute Gasteiger partial charge is 0.145 e. The third-order valence-electron chi connectivity index (χ3n) is 8.83. The first-order chi connectivity index (χ1) is 22.7. The van der Waals surface area contributed by atoms with Crippen molar-refractivity contribution in [2.75, 3.05) is 0 Å². The van der Waals surface area contributed by atoms with Gasteiger partial charge in [-0.15, -0.1) is 0 Å². The van der Waals surface area contributed by atoms with Crippen LogP contribution in [0, 0.1) is 11.3 Å². The molecule has 0 fully saturated rings. The first-order valence-electron chi connectivity index (χ1n) is 15.3. The third-order valence-corrected chi connectivity index (χ3v) is 8.83. The standard InChI is InChI=1S/C41H26N4O/c42-25-26-10-8-13-28(20-26)36-24-35(27-11-2-1-3-12-27)43-41(44-36)29-14-9-15-30(21-29)45-37-18-6-4-16-31(37)33-23-40-34(22-38(33)45)32-17-5-7-19-39(32)46-40/h1-24,41,44H. The number of para-hydroxylation sites is 2. The Morgan fingerprint density at radius 2 is 1.41 bits per heavy atom. The van der Waals surface area contributed by atoms with E-state index in [4.69, 9.17) is 9.41 Å². The normalized spacial score (nSPS) is 14.7. The molecule has 0 bridgehead atoms. The number of nitrogens with zero attached hydrogens (tertiary/aromatic N) is 3. The topological polar surface area (TPSA) is 66.2 Å². The summed E-state index contributed by atoms with van der Waals surface area (Å²) in [6.07, 6.45) is 1.73. The Balaban J connectivity index is 1.21. The quantitative estimate of drug-likeness (QED) is 0.222. The first kappa shape index (κ1) is 26.1. The number of nitrogens with one attached hydrogen (secondary N) is 1. The van der Waals surface area contributed by atoms with Gasteiger partial charge in [-0.3, -0.25) is 4.99 Å². The number of hydrogen-bond acceptors (Lipinski definition) is 4. The summed E-state index contributed by atoms with van der Waals surface area (Å²) >= 11 is 0. The Labute approximate surface area is 265 Å². The number of aliphatic imine (C=N–C) groups is 1.